The van der Waals surface area contributed by atoms with E-state index in [2.05, 4.69) is 24.5 Å². The molecule has 0 aromatic carbocycles. The Morgan fingerprint density at radius 2 is 1.95 bits per heavy atom. The molecule has 1 aliphatic rings. The molecule has 4 nitrogen and oxygen atoms in total. The average molecular weight is 284 g/mol. The Labute approximate surface area is 124 Å². The van der Waals surface area contributed by atoms with Gasteiger partial charge in [0.1, 0.15) is 5.60 Å². The molecular formula is C16H32N2O2. The number of rotatable bonds is 8. The second-order valence-corrected chi connectivity index (χ2v) is 7.01. The topological polar surface area (TPSA) is 50.4 Å². The summed E-state index contributed by atoms with van der Waals surface area (Å²) in [5.74, 6) is 0. The highest BCUT2D eigenvalue weighted by molar-refractivity contribution is 5.68. The van der Waals surface area contributed by atoms with Gasteiger partial charge in [-0.2, -0.15) is 0 Å². The molecule has 0 spiro atoms. The third-order valence-corrected chi connectivity index (χ3v) is 3.48. The Kier molecular flexibility index (Phi) is 6.80. The molecular weight excluding hydrogens is 252 g/mol. The first-order valence-electron chi connectivity index (χ1n) is 8.07. The van der Waals surface area contributed by atoms with Crippen LogP contribution in [0.5, 0.6) is 0 Å². The van der Waals surface area contributed by atoms with Crippen LogP contribution in [-0.4, -0.2) is 29.8 Å². The summed E-state index contributed by atoms with van der Waals surface area (Å²) in [5, 5.41) is 6.50. The first kappa shape index (κ1) is 17.3. The Morgan fingerprint density at radius 1 is 1.25 bits per heavy atom. The van der Waals surface area contributed by atoms with Crippen molar-refractivity contribution in [3.8, 4) is 0 Å². The lowest BCUT2D eigenvalue weighted by Gasteiger charge is -2.20. The maximum absolute atomic E-state index is 11.6. The predicted octanol–water partition coefficient (Wildman–Crippen LogP) is 3.60. The summed E-state index contributed by atoms with van der Waals surface area (Å²) in [5.41, 5.74) is -0.422. The van der Waals surface area contributed by atoms with Crippen LogP contribution in [0.3, 0.4) is 0 Å². The molecule has 1 fully saturated rings. The fourth-order valence-electron chi connectivity index (χ4n) is 2.32. The van der Waals surface area contributed by atoms with Crippen LogP contribution in [0.1, 0.15) is 73.1 Å². The molecule has 1 saturated carbocycles. The highest BCUT2D eigenvalue weighted by atomic mass is 16.6. The van der Waals surface area contributed by atoms with Crippen LogP contribution in [-0.2, 0) is 4.74 Å². The third-order valence-electron chi connectivity index (χ3n) is 3.48. The van der Waals surface area contributed by atoms with Crippen LogP contribution >= 0.6 is 0 Å². The third kappa shape index (κ3) is 7.73. The molecule has 0 saturated heterocycles. The van der Waals surface area contributed by atoms with Gasteiger partial charge in [-0.25, -0.2) is 4.79 Å². The molecule has 0 radical (unpaired) electrons. The number of carbonyl (C=O) groups is 1. The molecule has 20 heavy (non-hydrogen) atoms. The molecule has 2 N–H and O–H groups in total. The standard InChI is InChI=1S/C16H32N2O2/c1-6-7-8-9-10-12(2)17-13-11-14(13)18-15(19)20-16(3,4)5/h12-14,17H,6-11H2,1-5H3,(H,18,19). The van der Waals surface area contributed by atoms with Gasteiger partial charge in [0.05, 0.1) is 0 Å². The molecule has 3 unspecified atom stereocenters. The van der Waals surface area contributed by atoms with Crippen molar-refractivity contribution < 1.29 is 9.53 Å². The summed E-state index contributed by atoms with van der Waals surface area (Å²) in [4.78, 5) is 11.6. The number of amides is 1. The minimum atomic E-state index is -0.422. The van der Waals surface area contributed by atoms with Crippen molar-refractivity contribution in [2.75, 3.05) is 0 Å². The number of ether oxygens (including phenoxy) is 1. The predicted molar refractivity (Wildman–Crippen MR) is 82.9 cm³/mol. The largest absolute Gasteiger partial charge is 0.444 e. The number of hydrogen-bond acceptors (Lipinski definition) is 3. The smallest absolute Gasteiger partial charge is 0.407 e. The molecule has 0 heterocycles. The van der Waals surface area contributed by atoms with E-state index in [1.54, 1.807) is 0 Å². The lowest BCUT2D eigenvalue weighted by Crippen LogP contribution is -2.38. The van der Waals surface area contributed by atoms with Gasteiger partial charge in [-0.15, -0.1) is 0 Å². The molecule has 0 aromatic rings. The summed E-state index contributed by atoms with van der Waals surface area (Å²) in [7, 11) is 0. The maximum atomic E-state index is 11.6. The van der Waals surface area contributed by atoms with E-state index in [9.17, 15) is 4.79 Å². The molecule has 3 atom stereocenters. The van der Waals surface area contributed by atoms with Gasteiger partial charge < -0.3 is 15.4 Å². The minimum absolute atomic E-state index is 0.239. The zero-order valence-corrected chi connectivity index (χ0v) is 13.8. The molecule has 1 aliphatic carbocycles. The first-order valence-corrected chi connectivity index (χ1v) is 8.07. The van der Waals surface area contributed by atoms with E-state index < -0.39 is 5.60 Å². The van der Waals surface area contributed by atoms with Crippen molar-refractivity contribution in [3.05, 3.63) is 0 Å². The number of alkyl carbamates (subject to hydrolysis) is 1. The maximum Gasteiger partial charge on any atom is 0.407 e. The lowest BCUT2D eigenvalue weighted by atomic mass is 10.1. The van der Waals surface area contributed by atoms with E-state index in [1.807, 2.05) is 20.8 Å². The van der Waals surface area contributed by atoms with E-state index in [4.69, 9.17) is 4.74 Å². The summed E-state index contributed by atoms with van der Waals surface area (Å²) >= 11 is 0. The molecule has 0 aromatic heterocycles. The van der Waals surface area contributed by atoms with Gasteiger partial charge >= 0.3 is 6.09 Å². The first-order chi connectivity index (χ1) is 9.31. The van der Waals surface area contributed by atoms with Crippen molar-refractivity contribution in [1.82, 2.24) is 10.6 Å². The fraction of sp³-hybridized carbons (Fsp3) is 0.938. The molecule has 0 aliphatic heterocycles. The van der Waals surface area contributed by atoms with Crippen LogP contribution in [0.2, 0.25) is 0 Å². The van der Waals surface area contributed by atoms with Crippen molar-refractivity contribution in [2.45, 2.75) is 96.9 Å². The van der Waals surface area contributed by atoms with Crippen LogP contribution < -0.4 is 10.6 Å². The molecule has 4 heteroatoms. The van der Waals surface area contributed by atoms with Gasteiger partial charge in [0, 0.05) is 18.1 Å². The van der Waals surface area contributed by atoms with Gasteiger partial charge in [-0.05, 0) is 40.5 Å². The quantitative estimate of drug-likeness (QED) is 0.670. The van der Waals surface area contributed by atoms with Crippen LogP contribution in [0, 0.1) is 0 Å². The van der Waals surface area contributed by atoms with Gasteiger partial charge in [0.25, 0.3) is 0 Å². The highest BCUT2D eigenvalue weighted by Crippen LogP contribution is 2.23. The lowest BCUT2D eigenvalue weighted by molar-refractivity contribution is 0.0522. The van der Waals surface area contributed by atoms with Crippen molar-refractivity contribution in [1.29, 1.82) is 0 Å². The van der Waals surface area contributed by atoms with Crippen molar-refractivity contribution in [3.63, 3.8) is 0 Å². The van der Waals surface area contributed by atoms with Crippen LogP contribution in [0.15, 0.2) is 0 Å². The molecule has 1 rings (SSSR count). The average Bonchev–Trinajstić information content (AvgIpc) is 2.99. The number of nitrogens with one attached hydrogen (secondary N) is 2. The monoisotopic (exact) mass is 284 g/mol. The number of hydrogen-bond donors (Lipinski definition) is 2. The second kappa shape index (κ2) is 7.87. The number of carbonyl (C=O) groups excluding carboxylic acids is 1. The molecule has 0 bridgehead atoms. The van der Waals surface area contributed by atoms with E-state index in [0.29, 0.717) is 12.1 Å². The van der Waals surface area contributed by atoms with Gasteiger partial charge in [-0.3, -0.25) is 0 Å². The number of unbranched alkanes of at least 4 members (excludes halogenated alkanes) is 3. The SMILES string of the molecule is CCCCCCC(C)NC1CC1NC(=O)OC(C)(C)C. The highest BCUT2D eigenvalue weighted by Gasteiger charge is 2.39. The Morgan fingerprint density at radius 3 is 2.55 bits per heavy atom. The second-order valence-electron chi connectivity index (χ2n) is 7.01. The fourth-order valence-corrected chi connectivity index (χ4v) is 2.32. The van der Waals surface area contributed by atoms with Gasteiger partial charge in [0.15, 0.2) is 0 Å². The van der Waals surface area contributed by atoms with E-state index in [0.717, 1.165) is 6.42 Å². The Hall–Kier alpha value is -0.770. The zero-order valence-electron chi connectivity index (χ0n) is 13.8. The summed E-state index contributed by atoms with van der Waals surface area (Å²) < 4.78 is 5.26. The van der Waals surface area contributed by atoms with Crippen molar-refractivity contribution >= 4 is 6.09 Å². The van der Waals surface area contributed by atoms with E-state index >= 15 is 0 Å². The summed E-state index contributed by atoms with van der Waals surface area (Å²) in [6.45, 7) is 10.1. The summed E-state index contributed by atoms with van der Waals surface area (Å²) in [6.07, 6.45) is 7.16. The Balaban J connectivity index is 2.09. The minimum Gasteiger partial charge on any atom is -0.444 e. The zero-order chi connectivity index (χ0) is 15.2. The van der Waals surface area contributed by atoms with Crippen LogP contribution in [0.25, 0.3) is 0 Å². The van der Waals surface area contributed by atoms with E-state index in [1.165, 1.54) is 32.1 Å². The van der Waals surface area contributed by atoms with Gasteiger partial charge in [0.2, 0.25) is 0 Å². The Bertz CT molecular complexity index is 299. The molecule has 118 valence electrons. The summed E-state index contributed by atoms with van der Waals surface area (Å²) in [6, 6.07) is 1.19. The van der Waals surface area contributed by atoms with Crippen molar-refractivity contribution in [2.24, 2.45) is 0 Å². The van der Waals surface area contributed by atoms with Gasteiger partial charge in [-0.1, -0.05) is 32.6 Å². The van der Waals surface area contributed by atoms with Crippen LogP contribution in [0.4, 0.5) is 4.79 Å². The van der Waals surface area contributed by atoms with E-state index in [-0.39, 0.29) is 12.1 Å². The normalized spacial score (nSPS) is 23.2. The molecule has 1 amide bonds.